The predicted octanol–water partition coefficient (Wildman–Crippen LogP) is 1.82. The number of methoxy groups -OCH3 is 1. The molecule has 1 aliphatic heterocycles. The third kappa shape index (κ3) is 3.39. The Morgan fingerprint density at radius 2 is 1.90 bits per heavy atom. The van der Waals surface area contributed by atoms with Gasteiger partial charge in [0.2, 0.25) is 10.0 Å². The summed E-state index contributed by atoms with van der Waals surface area (Å²) in [7, 11) is -2.07. The van der Waals surface area contributed by atoms with Crippen molar-refractivity contribution in [1.29, 1.82) is 0 Å². The Kier molecular flexibility index (Phi) is 4.91. The zero-order valence-corrected chi connectivity index (χ0v) is 13.7. The second kappa shape index (κ2) is 6.34. The van der Waals surface area contributed by atoms with E-state index in [0.29, 0.717) is 37.2 Å². The molecule has 1 heterocycles. The Morgan fingerprint density at radius 1 is 1.29 bits per heavy atom. The monoisotopic (exact) mass is 312 g/mol. The van der Waals surface area contributed by atoms with Crippen LogP contribution >= 0.6 is 0 Å². The van der Waals surface area contributed by atoms with E-state index in [1.54, 1.807) is 22.5 Å². The molecular formula is C15H24N2O3S. The van der Waals surface area contributed by atoms with E-state index in [1.807, 2.05) is 0 Å². The van der Waals surface area contributed by atoms with Crippen LogP contribution in [0.5, 0.6) is 5.75 Å². The molecule has 1 fully saturated rings. The Morgan fingerprint density at radius 3 is 2.43 bits per heavy atom. The van der Waals surface area contributed by atoms with Crippen LogP contribution in [0.1, 0.15) is 25.8 Å². The first-order chi connectivity index (χ1) is 9.88. The number of benzene rings is 1. The van der Waals surface area contributed by atoms with E-state index in [2.05, 4.69) is 13.8 Å². The van der Waals surface area contributed by atoms with Crippen molar-refractivity contribution in [1.82, 2.24) is 4.31 Å². The van der Waals surface area contributed by atoms with E-state index < -0.39 is 10.0 Å². The molecule has 1 aromatic carbocycles. The molecule has 1 aromatic rings. The summed E-state index contributed by atoms with van der Waals surface area (Å²) in [4.78, 5) is 0.217. The quantitative estimate of drug-likeness (QED) is 0.920. The maximum Gasteiger partial charge on any atom is 0.246 e. The van der Waals surface area contributed by atoms with Crippen molar-refractivity contribution in [3.05, 3.63) is 23.8 Å². The van der Waals surface area contributed by atoms with Gasteiger partial charge in [0.15, 0.2) is 0 Å². The summed E-state index contributed by atoms with van der Waals surface area (Å²) in [5, 5.41) is 0. The maximum absolute atomic E-state index is 12.9. The molecule has 2 N–H and O–H groups in total. The fourth-order valence-electron chi connectivity index (χ4n) is 2.99. The van der Waals surface area contributed by atoms with E-state index in [9.17, 15) is 8.42 Å². The standard InChI is InChI=1S/C15H24N2O3S/c1-11-6-12(2)10-17(9-11)21(18,19)15-7-13(8-16)4-5-14(15)20-3/h4-5,7,11-12H,6,8-10,16H2,1-3H3. The molecule has 0 spiro atoms. The Hall–Kier alpha value is -1.11. The minimum Gasteiger partial charge on any atom is -0.495 e. The third-order valence-corrected chi connectivity index (χ3v) is 5.77. The highest BCUT2D eigenvalue weighted by molar-refractivity contribution is 7.89. The van der Waals surface area contributed by atoms with Crippen LogP contribution in [-0.2, 0) is 16.6 Å². The summed E-state index contributed by atoms with van der Waals surface area (Å²) in [6, 6.07) is 5.09. The predicted molar refractivity (Wildman–Crippen MR) is 82.6 cm³/mol. The van der Waals surface area contributed by atoms with Crippen molar-refractivity contribution >= 4 is 10.0 Å². The summed E-state index contributed by atoms with van der Waals surface area (Å²) in [6.07, 6.45) is 1.06. The minimum atomic E-state index is -3.55. The maximum atomic E-state index is 12.9. The molecule has 0 saturated carbocycles. The molecule has 2 rings (SSSR count). The number of rotatable bonds is 4. The Balaban J connectivity index is 2.43. The fourth-order valence-corrected chi connectivity index (χ4v) is 4.88. The molecule has 0 radical (unpaired) electrons. The van der Waals surface area contributed by atoms with Crippen LogP contribution in [0, 0.1) is 11.8 Å². The van der Waals surface area contributed by atoms with Crippen molar-refractivity contribution in [3.8, 4) is 5.75 Å². The molecule has 0 aromatic heterocycles. The van der Waals surface area contributed by atoms with Crippen LogP contribution in [0.15, 0.2) is 23.1 Å². The molecule has 1 saturated heterocycles. The summed E-state index contributed by atoms with van der Waals surface area (Å²) in [5.41, 5.74) is 6.41. The number of nitrogens with two attached hydrogens (primary N) is 1. The zero-order chi connectivity index (χ0) is 15.6. The molecule has 1 aliphatic rings. The normalized spacial score (nSPS) is 24.0. The molecule has 5 nitrogen and oxygen atoms in total. The van der Waals surface area contributed by atoms with Gasteiger partial charge >= 0.3 is 0 Å². The van der Waals surface area contributed by atoms with Crippen LogP contribution in [0.25, 0.3) is 0 Å². The molecule has 2 unspecified atom stereocenters. The average molecular weight is 312 g/mol. The lowest BCUT2D eigenvalue weighted by Crippen LogP contribution is -2.42. The molecule has 0 aliphatic carbocycles. The van der Waals surface area contributed by atoms with Crippen LogP contribution in [0.3, 0.4) is 0 Å². The first-order valence-electron chi connectivity index (χ1n) is 7.25. The van der Waals surface area contributed by atoms with Crippen molar-refractivity contribution in [2.75, 3.05) is 20.2 Å². The van der Waals surface area contributed by atoms with Crippen molar-refractivity contribution < 1.29 is 13.2 Å². The molecule has 118 valence electrons. The number of piperidine rings is 1. The Labute approximate surface area is 127 Å². The van der Waals surface area contributed by atoms with Gasteiger partial charge in [0, 0.05) is 19.6 Å². The van der Waals surface area contributed by atoms with Crippen molar-refractivity contribution in [2.45, 2.75) is 31.7 Å². The van der Waals surface area contributed by atoms with Gasteiger partial charge in [-0.1, -0.05) is 19.9 Å². The van der Waals surface area contributed by atoms with Gasteiger partial charge in [-0.3, -0.25) is 0 Å². The number of ether oxygens (including phenoxy) is 1. The van der Waals surface area contributed by atoms with Gasteiger partial charge in [-0.25, -0.2) is 8.42 Å². The molecular weight excluding hydrogens is 288 g/mol. The molecule has 0 amide bonds. The highest BCUT2D eigenvalue weighted by Crippen LogP contribution is 2.31. The van der Waals surface area contributed by atoms with Crippen LogP contribution in [0.4, 0.5) is 0 Å². The third-order valence-electron chi connectivity index (χ3n) is 3.92. The summed E-state index contributed by atoms with van der Waals surface area (Å²) < 4.78 is 32.7. The highest BCUT2D eigenvalue weighted by atomic mass is 32.2. The lowest BCUT2D eigenvalue weighted by Gasteiger charge is -2.34. The lowest BCUT2D eigenvalue weighted by molar-refractivity contribution is 0.222. The van der Waals surface area contributed by atoms with Gasteiger partial charge in [0.1, 0.15) is 10.6 Å². The molecule has 21 heavy (non-hydrogen) atoms. The van der Waals surface area contributed by atoms with E-state index in [4.69, 9.17) is 10.5 Å². The summed E-state index contributed by atoms with van der Waals surface area (Å²) in [6.45, 7) is 5.60. The zero-order valence-electron chi connectivity index (χ0n) is 12.9. The van der Waals surface area contributed by atoms with Crippen LogP contribution in [0.2, 0.25) is 0 Å². The number of nitrogens with zero attached hydrogens (tertiary/aromatic N) is 1. The van der Waals surface area contributed by atoms with E-state index in [-0.39, 0.29) is 4.90 Å². The number of hydrogen-bond acceptors (Lipinski definition) is 4. The van der Waals surface area contributed by atoms with Gasteiger partial charge in [-0.05, 0) is 36.0 Å². The van der Waals surface area contributed by atoms with Crippen molar-refractivity contribution in [2.24, 2.45) is 17.6 Å². The first-order valence-corrected chi connectivity index (χ1v) is 8.69. The van der Waals surface area contributed by atoms with Gasteiger partial charge < -0.3 is 10.5 Å². The fraction of sp³-hybridized carbons (Fsp3) is 0.600. The largest absolute Gasteiger partial charge is 0.495 e. The van der Waals surface area contributed by atoms with Crippen LogP contribution < -0.4 is 10.5 Å². The molecule has 6 heteroatoms. The van der Waals surface area contributed by atoms with Gasteiger partial charge in [0.25, 0.3) is 0 Å². The van der Waals surface area contributed by atoms with E-state index in [0.717, 1.165) is 12.0 Å². The van der Waals surface area contributed by atoms with E-state index in [1.165, 1.54) is 7.11 Å². The van der Waals surface area contributed by atoms with Crippen LogP contribution in [-0.4, -0.2) is 32.9 Å². The summed E-state index contributed by atoms with van der Waals surface area (Å²) in [5.74, 6) is 1.11. The average Bonchev–Trinajstić information content (AvgIpc) is 2.45. The topological polar surface area (TPSA) is 72.6 Å². The second-order valence-corrected chi connectivity index (χ2v) is 7.86. The first kappa shape index (κ1) is 16.3. The summed E-state index contributed by atoms with van der Waals surface area (Å²) >= 11 is 0. The smallest absolute Gasteiger partial charge is 0.246 e. The van der Waals surface area contributed by atoms with Gasteiger partial charge in [-0.15, -0.1) is 0 Å². The van der Waals surface area contributed by atoms with Crippen molar-refractivity contribution in [3.63, 3.8) is 0 Å². The van der Waals surface area contributed by atoms with Gasteiger partial charge in [0.05, 0.1) is 7.11 Å². The molecule has 2 atom stereocenters. The van der Waals surface area contributed by atoms with E-state index >= 15 is 0 Å². The lowest BCUT2D eigenvalue weighted by atomic mass is 9.94. The minimum absolute atomic E-state index is 0.217. The highest BCUT2D eigenvalue weighted by Gasteiger charge is 2.33. The number of sulfonamides is 1. The molecule has 0 bridgehead atoms. The SMILES string of the molecule is COc1ccc(CN)cc1S(=O)(=O)N1CC(C)CC(C)C1. The number of hydrogen-bond donors (Lipinski definition) is 1. The Bertz CT molecular complexity index is 591. The van der Waals surface area contributed by atoms with Gasteiger partial charge in [-0.2, -0.15) is 4.31 Å². The second-order valence-electron chi connectivity index (χ2n) is 5.96.